The minimum absolute atomic E-state index is 0.279. The monoisotopic (exact) mass is 392 g/mol. The van der Waals surface area contributed by atoms with Gasteiger partial charge in [-0.15, -0.1) is 0 Å². The van der Waals surface area contributed by atoms with E-state index >= 15 is 0 Å². The standard InChI is InChI=1S/C24H25FN2O2/c1-16(2)26-15-20-13-19(9-12-23(20)29-3)18-5-4-6-22(14-18)27-24(28)17-7-10-21(25)11-8-17/h4-14,16,26H,15H2,1-3H3,(H,27,28). The van der Waals surface area contributed by atoms with E-state index in [4.69, 9.17) is 4.74 Å². The summed E-state index contributed by atoms with van der Waals surface area (Å²) in [6.45, 7) is 4.91. The van der Waals surface area contributed by atoms with E-state index in [1.54, 1.807) is 7.11 Å². The lowest BCUT2D eigenvalue weighted by Gasteiger charge is -2.14. The second kappa shape index (κ2) is 9.34. The Morgan fingerprint density at radius 1 is 1.00 bits per heavy atom. The van der Waals surface area contributed by atoms with Gasteiger partial charge in [0.05, 0.1) is 7.11 Å². The molecule has 3 aromatic rings. The zero-order valence-electron chi connectivity index (χ0n) is 16.8. The van der Waals surface area contributed by atoms with Crippen LogP contribution in [0.1, 0.15) is 29.8 Å². The first kappa shape index (κ1) is 20.6. The molecule has 0 aromatic heterocycles. The van der Waals surface area contributed by atoms with Crippen LogP contribution in [-0.2, 0) is 6.54 Å². The smallest absolute Gasteiger partial charge is 0.255 e. The van der Waals surface area contributed by atoms with Gasteiger partial charge < -0.3 is 15.4 Å². The van der Waals surface area contributed by atoms with Crippen molar-refractivity contribution in [3.63, 3.8) is 0 Å². The molecule has 3 rings (SSSR count). The first-order chi connectivity index (χ1) is 14.0. The number of methoxy groups -OCH3 is 1. The zero-order chi connectivity index (χ0) is 20.8. The van der Waals surface area contributed by atoms with Gasteiger partial charge in [-0.2, -0.15) is 0 Å². The zero-order valence-corrected chi connectivity index (χ0v) is 16.8. The Bertz CT molecular complexity index is 984. The Hall–Kier alpha value is -3.18. The number of amides is 1. The van der Waals surface area contributed by atoms with Gasteiger partial charge in [0.1, 0.15) is 11.6 Å². The molecule has 0 saturated carbocycles. The molecule has 150 valence electrons. The molecule has 2 N–H and O–H groups in total. The van der Waals surface area contributed by atoms with Crippen LogP contribution in [0.3, 0.4) is 0 Å². The minimum atomic E-state index is -0.370. The van der Waals surface area contributed by atoms with Crippen molar-refractivity contribution < 1.29 is 13.9 Å². The number of anilines is 1. The second-order valence-corrected chi connectivity index (χ2v) is 7.10. The highest BCUT2D eigenvalue weighted by Crippen LogP contribution is 2.28. The Labute approximate surface area is 170 Å². The first-order valence-corrected chi connectivity index (χ1v) is 9.54. The van der Waals surface area contributed by atoms with Crippen molar-refractivity contribution in [2.75, 3.05) is 12.4 Å². The van der Waals surface area contributed by atoms with Crippen LogP contribution in [0.4, 0.5) is 10.1 Å². The molecule has 0 spiro atoms. The summed E-state index contributed by atoms with van der Waals surface area (Å²) in [7, 11) is 1.67. The Balaban J connectivity index is 1.82. The van der Waals surface area contributed by atoms with Crippen LogP contribution in [0.5, 0.6) is 5.75 Å². The predicted molar refractivity (Wildman–Crippen MR) is 115 cm³/mol. The third-order valence-electron chi connectivity index (χ3n) is 4.54. The quantitative estimate of drug-likeness (QED) is 0.577. The lowest BCUT2D eigenvalue weighted by atomic mass is 10.0. The third-order valence-corrected chi connectivity index (χ3v) is 4.54. The highest BCUT2D eigenvalue weighted by atomic mass is 19.1. The molecule has 0 atom stereocenters. The predicted octanol–water partition coefficient (Wildman–Crippen LogP) is 5.25. The van der Waals surface area contributed by atoms with Crippen molar-refractivity contribution in [2.45, 2.75) is 26.4 Å². The van der Waals surface area contributed by atoms with E-state index in [0.29, 0.717) is 23.8 Å². The number of ether oxygens (including phenoxy) is 1. The molecule has 0 bridgehead atoms. The van der Waals surface area contributed by atoms with Crippen molar-refractivity contribution >= 4 is 11.6 Å². The summed E-state index contributed by atoms with van der Waals surface area (Å²) in [5.74, 6) is 0.187. The Morgan fingerprint density at radius 2 is 1.72 bits per heavy atom. The molecule has 0 saturated heterocycles. The highest BCUT2D eigenvalue weighted by Gasteiger charge is 2.09. The average molecular weight is 392 g/mol. The third kappa shape index (κ3) is 5.42. The van der Waals surface area contributed by atoms with E-state index in [1.165, 1.54) is 24.3 Å². The van der Waals surface area contributed by atoms with E-state index < -0.39 is 0 Å². The number of benzene rings is 3. The molecule has 3 aromatic carbocycles. The van der Waals surface area contributed by atoms with Crippen LogP contribution in [0, 0.1) is 5.82 Å². The summed E-state index contributed by atoms with van der Waals surface area (Å²) in [5, 5.41) is 6.28. The molecule has 1 amide bonds. The normalized spacial score (nSPS) is 10.8. The van der Waals surface area contributed by atoms with Crippen LogP contribution in [0.15, 0.2) is 66.7 Å². The van der Waals surface area contributed by atoms with Crippen molar-refractivity contribution in [3.05, 3.63) is 83.7 Å². The van der Waals surface area contributed by atoms with Crippen molar-refractivity contribution in [3.8, 4) is 16.9 Å². The number of carbonyl (C=O) groups excluding carboxylic acids is 1. The molecule has 4 nitrogen and oxygen atoms in total. The summed E-state index contributed by atoms with van der Waals surface area (Å²) in [5.41, 5.74) is 4.16. The lowest BCUT2D eigenvalue weighted by molar-refractivity contribution is 0.102. The molecule has 0 radical (unpaired) electrons. The largest absolute Gasteiger partial charge is 0.496 e. The maximum absolute atomic E-state index is 13.1. The van der Waals surface area contributed by atoms with Gasteiger partial charge in [0, 0.05) is 29.4 Å². The van der Waals surface area contributed by atoms with Crippen LogP contribution < -0.4 is 15.4 Å². The molecule has 0 fully saturated rings. The first-order valence-electron chi connectivity index (χ1n) is 9.54. The van der Waals surface area contributed by atoms with Crippen molar-refractivity contribution in [1.82, 2.24) is 5.32 Å². The number of hydrogen-bond donors (Lipinski definition) is 2. The second-order valence-electron chi connectivity index (χ2n) is 7.10. The molecule has 0 aliphatic rings. The number of halogens is 1. The summed E-state index contributed by atoms with van der Waals surface area (Å²) in [6, 6.07) is 19.5. The maximum atomic E-state index is 13.1. The van der Waals surface area contributed by atoms with Gasteiger partial charge in [-0.3, -0.25) is 4.79 Å². The molecular weight excluding hydrogens is 367 g/mol. The number of rotatable bonds is 7. The van der Waals surface area contributed by atoms with E-state index in [2.05, 4.69) is 30.5 Å². The van der Waals surface area contributed by atoms with Gasteiger partial charge in [0.2, 0.25) is 0 Å². The van der Waals surface area contributed by atoms with E-state index in [9.17, 15) is 9.18 Å². The van der Waals surface area contributed by atoms with Crippen LogP contribution in [0.2, 0.25) is 0 Å². The molecule has 0 aliphatic carbocycles. The van der Waals surface area contributed by atoms with E-state index in [1.807, 2.05) is 36.4 Å². The molecular formula is C24H25FN2O2. The van der Waals surface area contributed by atoms with Gasteiger partial charge in [0.25, 0.3) is 5.91 Å². The number of carbonyl (C=O) groups is 1. The SMILES string of the molecule is COc1ccc(-c2cccc(NC(=O)c3ccc(F)cc3)c2)cc1CNC(C)C. The van der Waals surface area contributed by atoms with Crippen LogP contribution in [-0.4, -0.2) is 19.1 Å². The topological polar surface area (TPSA) is 50.4 Å². The van der Waals surface area contributed by atoms with Gasteiger partial charge in [-0.05, 0) is 59.7 Å². The maximum Gasteiger partial charge on any atom is 0.255 e. The average Bonchev–Trinajstić information content (AvgIpc) is 2.72. The molecule has 29 heavy (non-hydrogen) atoms. The fourth-order valence-electron chi connectivity index (χ4n) is 2.99. The van der Waals surface area contributed by atoms with Gasteiger partial charge in [0.15, 0.2) is 0 Å². The Kier molecular flexibility index (Phi) is 6.62. The molecule has 5 heteroatoms. The summed E-state index contributed by atoms with van der Waals surface area (Å²) < 4.78 is 18.5. The summed E-state index contributed by atoms with van der Waals surface area (Å²) in [6.07, 6.45) is 0. The fraction of sp³-hybridized carbons (Fsp3) is 0.208. The van der Waals surface area contributed by atoms with Crippen molar-refractivity contribution in [1.29, 1.82) is 0 Å². The molecule has 0 heterocycles. The number of hydrogen-bond acceptors (Lipinski definition) is 3. The molecule has 0 unspecified atom stereocenters. The van der Waals surface area contributed by atoms with Gasteiger partial charge in [-0.1, -0.05) is 32.0 Å². The minimum Gasteiger partial charge on any atom is -0.496 e. The number of nitrogens with one attached hydrogen (secondary N) is 2. The highest BCUT2D eigenvalue weighted by molar-refractivity contribution is 6.04. The lowest BCUT2D eigenvalue weighted by Crippen LogP contribution is -2.22. The van der Waals surface area contributed by atoms with E-state index in [0.717, 1.165) is 22.4 Å². The van der Waals surface area contributed by atoms with Crippen LogP contribution in [0.25, 0.3) is 11.1 Å². The van der Waals surface area contributed by atoms with E-state index in [-0.39, 0.29) is 11.7 Å². The van der Waals surface area contributed by atoms with Crippen molar-refractivity contribution in [2.24, 2.45) is 0 Å². The van der Waals surface area contributed by atoms with Gasteiger partial charge in [-0.25, -0.2) is 4.39 Å². The fourth-order valence-corrected chi connectivity index (χ4v) is 2.99. The molecule has 0 aliphatic heterocycles. The van der Waals surface area contributed by atoms with Gasteiger partial charge >= 0.3 is 0 Å². The Morgan fingerprint density at radius 3 is 2.41 bits per heavy atom. The summed E-state index contributed by atoms with van der Waals surface area (Å²) in [4.78, 5) is 12.4. The van der Waals surface area contributed by atoms with Crippen LogP contribution >= 0.6 is 0 Å². The summed E-state index contributed by atoms with van der Waals surface area (Å²) >= 11 is 0.